The van der Waals surface area contributed by atoms with Crippen molar-refractivity contribution in [2.45, 2.75) is 25.8 Å². The molecule has 1 saturated carbocycles. The zero-order valence-electron chi connectivity index (χ0n) is 14.8. The maximum absolute atomic E-state index is 11.0. The lowest BCUT2D eigenvalue weighted by atomic mass is 9.76. The highest BCUT2D eigenvalue weighted by molar-refractivity contribution is 7.13. The number of aromatic nitrogens is 1. The average Bonchev–Trinajstić information content (AvgIpc) is 2.94. The number of carboxylic acids is 1. The van der Waals surface area contributed by atoms with Gasteiger partial charge in [0.25, 0.3) is 0 Å². The molecular weight excluding hydrogens is 348 g/mol. The average molecular weight is 372 g/mol. The second-order valence-corrected chi connectivity index (χ2v) is 8.15. The number of aromatic carboxylic acids is 1. The third-order valence-corrected chi connectivity index (χ3v) is 6.45. The smallest absolute Gasteiger partial charge is 0.335 e. The molecule has 0 spiro atoms. The van der Waals surface area contributed by atoms with E-state index in [4.69, 9.17) is 14.8 Å². The first-order valence-electron chi connectivity index (χ1n) is 9.27. The van der Waals surface area contributed by atoms with Gasteiger partial charge in [0.1, 0.15) is 5.01 Å². The first-order valence-corrected chi connectivity index (χ1v) is 10.2. The Bertz CT molecular complexity index is 755. The SMILES string of the molecule is O=C(O)c1ccc(-c2nc(CN3CCOCC(C4CCC4)C3)cs2)cc1. The van der Waals surface area contributed by atoms with Crippen molar-refractivity contribution in [3.8, 4) is 10.6 Å². The number of carbonyl (C=O) groups is 1. The van der Waals surface area contributed by atoms with E-state index in [1.807, 2.05) is 12.1 Å². The fourth-order valence-electron chi connectivity index (χ4n) is 3.74. The van der Waals surface area contributed by atoms with Gasteiger partial charge in [-0.05, 0) is 24.0 Å². The van der Waals surface area contributed by atoms with Crippen LogP contribution in [0.1, 0.15) is 35.3 Å². The molecule has 1 aliphatic carbocycles. The molecule has 1 aromatic heterocycles. The predicted molar refractivity (Wildman–Crippen MR) is 101 cm³/mol. The van der Waals surface area contributed by atoms with Crippen LogP contribution in [-0.4, -0.2) is 47.3 Å². The molecule has 1 aromatic carbocycles. The van der Waals surface area contributed by atoms with Crippen molar-refractivity contribution in [2.24, 2.45) is 11.8 Å². The molecule has 138 valence electrons. The summed E-state index contributed by atoms with van der Waals surface area (Å²) in [7, 11) is 0. The van der Waals surface area contributed by atoms with E-state index >= 15 is 0 Å². The van der Waals surface area contributed by atoms with Crippen LogP contribution >= 0.6 is 11.3 Å². The molecule has 4 rings (SSSR count). The molecule has 0 bridgehead atoms. The largest absolute Gasteiger partial charge is 0.478 e. The summed E-state index contributed by atoms with van der Waals surface area (Å²) in [6, 6.07) is 6.93. The maximum atomic E-state index is 11.0. The molecule has 26 heavy (non-hydrogen) atoms. The molecule has 1 N–H and O–H groups in total. The highest BCUT2D eigenvalue weighted by Gasteiger charge is 2.30. The lowest BCUT2D eigenvalue weighted by Crippen LogP contribution is -2.35. The molecule has 2 aliphatic rings. The summed E-state index contributed by atoms with van der Waals surface area (Å²) in [5.41, 5.74) is 2.36. The lowest BCUT2D eigenvalue weighted by molar-refractivity contribution is 0.0697. The van der Waals surface area contributed by atoms with Crippen molar-refractivity contribution >= 4 is 17.3 Å². The van der Waals surface area contributed by atoms with Gasteiger partial charge in [0.05, 0.1) is 24.5 Å². The summed E-state index contributed by atoms with van der Waals surface area (Å²) < 4.78 is 5.83. The molecule has 6 heteroatoms. The van der Waals surface area contributed by atoms with Crippen molar-refractivity contribution in [3.05, 3.63) is 40.9 Å². The Morgan fingerprint density at radius 1 is 1.27 bits per heavy atom. The summed E-state index contributed by atoms with van der Waals surface area (Å²) >= 11 is 1.62. The molecule has 2 aromatic rings. The predicted octanol–water partition coefficient (Wildman–Crippen LogP) is 3.76. The number of hydrogen-bond acceptors (Lipinski definition) is 5. The molecule has 1 aliphatic heterocycles. The molecule has 2 heterocycles. The minimum Gasteiger partial charge on any atom is -0.478 e. The van der Waals surface area contributed by atoms with E-state index in [1.165, 1.54) is 19.3 Å². The van der Waals surface area contributed by atoms with Crippen LogP contribution in [0.2, 0.25) is 0 Å². The molecule has 0 radical (unpaired) electrons. The van der Waals surface area contributed by atoms with Gasteiger partial charge in [-0.2, -0.15) is 0 Å². The highest BCUT2D eigenvalue weighted by atomic mass is 32.1. The van der Waals surface area contributed by atoms with Crippen LogP contribution in [0.3, 0.4) is 0 Å². The van der Waals surface area contributed by atoms with Crippen molar-refractivity contribution in [3.63, 3.8) is 0 Å². The molecular formula is C20H24N2O3S. The van der Waals surface area contributed by atoms with Crippen molar-refractivity contribution in [1.82, 2.24) is 9.88 Å². The van der Waals surface area contributed by atoms with Gasteiger partial charge in [0.2, 0.25) is 0 Å². The Balaban J connectivity index is 1.41. The molecule has 1 atom stereocenters. The minimum atomic E-state index is -0.902. The highest BCUT2D eigenvalue weighted by Crippen LogP contribution is 2.35. The Morgan fingerprint density at radius 2 is 2.08 bits per heavy atom. The Morgan fingerprint density at radius 3 is 2.77 bits per heavy atom. The summed E-state index contributed by atoms with van der Waals surface area (Å²) in [5, 5.41) is 12.1. The topological polar surface area (TPSA) is 62.7 Å². The number of rotatable bonds is 5. The zero-order chi connectivity index (χ0) is 17.9. The van der Waals surface area contributed by atoms with Gasteiger partial charge in [-0.25, -0.2) is 9.78 Å². The number of hydrogen-bond donors (Lipinski definition) is 1. The molecule has 2 fully saturated rings. The minimum absolute atomic E-state index is 0.303. The summed E-state index contributed by atoms with van der Waals surface area (Å²) in [6.45, 7) is 4.63. The summed E-state index contributed by atoms with van der Waals surface area (Å²) in [6.07, 6.45) is 4.08. The van der Waals surface area contributed by atoms with Crippen LogP contribution in [0.25, 0.3) is 10.6 Å². The number of ether oxygens (including phenoxy) is 1. The van der Waals surface area contributed by atoms with Crippen LogP contribution in [-0.2, 0) is 11.3 Å². The molecule has 1 saturated heterocycles. The van der Waals surface area contributed by atoms with Gasteiger partial charge in [-0.1, -0.05) is 31.4 Å². The second kappa shape index (κ2) is 7.86. The second-order valence-electron chi connectivity index (χ2n) is 7.29. The number of nitrogens with zero attached hydrogens (tertiary/aromatic N) is 2. The fourth-order valence-corrected chi connectivity index (χ4v) is 4.56. The van der Waals surface area contributed by atoms with Crippen LogP contribution in [0.4, 0.5) is 0 Å². The van der Waals surface area contributed by atoms with Gasteiger partial charge in [-0.15, -0.1) is 11.3 Å². The zero-order valence-corrected chi connectivity index (χ0v) is 15.6. The van der Waals surface area contributed by atoms with E-state index in [1.54, 1.807) is 23.5 Å². The fraction of sp³-hybridized carbons (Fsp3) is 0.500. The quantitative estimate of drug-likeness (QED) is 0.866. The Labute approximate surface area is 157 Å². The van der Waals surface area contributed by atoms with Crippen molar-refractivity contribution < 1.29 is 14.6 Å². The van der Waals surface area contributed by atoms with Crippen LogP contribution < -0.4 is 0 Å². The van der Waals surface area contributed by atoms with E-state index in [-0.39, 0.29) is 0 Å². The lowest BCUT2D eigenvalue weighted by Gasteiger charge is -2.34. The number of thiazole rings is 1. The van der Waals surface area contributed by atoms with Gasteiger partial charge < -0.3 is 9.84 Å². The number of carboxylic acid groups (broad SMARTS) is 1. The molecule has 0 amide bonds. The molecule has 5 nitrogen and oxygen atoms in total. The van der Waals surface area contributed by atoms with Gasteiger partial charge in [-0.3, -0.25) is 4.90 Å². The van der Waals surface area contributed by atoms with E-state index in [2.05, 4.69) is 10.3 Å². The van der Waals surface area contributed by atoms with E-state index in [0.717, 1.165) is 55.0 Å². The first kappa shape index (κ1) is 17.6. The monoisotopic (exact) mass is 372 g/mol. The van der Waals surface area contributed by atoms with Crippen molar-refractivity contribution in [1.29, 1.82) is 0 Å². The van der Waals surface area contributed by atoms with E-state index in [9.17, 15) is 4.79 Å². The van der Waals surface area contributed by atoms with Gasteiger partial charge in [0.15, 0.2) is 0 Å². The maximum Gasteiger partial charge on any atom is 0.335 e. The third-order valence-electron chi connectivity index (χ3n) is 5.51. The third kappa shape index (κ3) is 3.98. The van der Waals surface area contributed by atoms with Crippen LogP contribution in [0.5, 0.6) is 0 Å². The first-order chi connectivity index (χ1) is 12.7. The molecule has 1 unspecified atom stereocenters. The standard InChI is InChI=1S/C20H24N2O3S/c23-20(24)16-6-4-15(5-7-16)19-21-18(13-26-19)11-22-8-9-25-12-17(10-22)14-2-1-3-14/h4-7,13-14,17H,1-3,8-12H2,(H,23,24). The van der Waals surface area contributed by atoms with Crippen LogP contribution in [0, 0.1) is 11.8 Å². The Hall–Kier alpha value is -1.76. The van der Waals surface area contributed by atoms with E-state index in [0.29, 0.717) is 11.5 Å². The summed E-state index contributed by atoms with van der Waals surface area (Å²) in [4.78, 5) is 18.2. The normalized spacial score (nSPS) is 21.9. The van der Waals surface area contributed by atoms with Crippen molar-refractivity contribution in [2.75, 3.05) is 26.3 Å². The summed E-state index contributed by atoms with van der Waals surface area (Å²) in [5.74, 6) is 0.600. The van der Waals surface area contributed by atoms with Gasteiger partial charge >= 0.3 is 5.97 Å². The number of benzene rings is 1. The Kier molecular flexibility index (Phi) is 5.33. The van der Waals surface area contributed by atoms with Crippen LogP contribution in [0.15, 0.2) is 29.6 Å². The van der Waals surface area contributed by atoms with E-state index < -0.39 is 5.97 Å². The van der Waals surface area contributed by atoms with Gasteiger partial charge in [0, 0.05) is 30.6 Å².